The summed E-state index contributed by atoms with van der Waals surface area (Å²) >= 11 is 0. The van der Waals surface area contributed by atoms with Crippen LogP contribution in [0.5, 0.6) is 11.5 Å². The van der Waals surface area contributed by atoms with Crippen LogP contribution < -0.4 is 9.47 Å². The molecular formula is C39H44O9S. The van der Waals surface area contributed by atoms with E-state index in [4.69, 9.17) is 23.1 Å². The Bertz CT molecular complexity index is 1710. The predicted molar refractivity (Wildman–Crippen MR) is 184 cm³/mol. The van der Waals surface area contributed by atoms with E-state index in [2.05, 4.69) is 0 Å². The molecule has 1 heterocycles. The zero-order valence-electron chi connectivity index (χ0n) is 27.6. The highest BCUT2D eigenvalue weighted by Crippen LogP contribution is 2.38. The Morgan fingerprint density at radius 1 is 0.755 bits per heavy atom. The van der Waals surface area contributed by atoms with Crippen molar-refractivity contribution in [2.45, 2.75) is 93.3 Å². The van der Waals surface area contributed by atoms with Crippen molar-refractivity contribution in [1.29, 1.82) is 0 Å². The molecule has 4 aromatic rings. The van der Waals surface area contributed by atoms with Gasteiger partial charge in [0.2, 0.25) is 0 Å². The molecule has 2 aliphatic rings. The van der Waals surface area contributed by atoms with Crippen molar-refractivity contribution in [2.24, 2.45) is 0 Å². The van der Waals surface area contributed by atoms with E-state index in [-0.39, 0.29) is 24.0 Å². The standard InChI is InChI=1S/C39H44O9S/c1-28-17-23-34(24-18-28)49(42,43)45-27-35-36(44-26-30-13-7-3-8-14-30)39(41,25-29-11-5-2-6-12-29)37(38(40)48-35)47-33-21-19-32(20-22-33)46-31-15-9-4-10-16-31/h2-3,5-8,11-14,17-24,31,35-38,40-41H,4,9-10,15-16,25-27H2,1H3/t35-,36-,37+,38?,39+/m1/s1. The minimum atomic E-state index is -4.20. The fourth-order valence-electron chi connectivity index (χ4n) is 6.52. The first-order valence-corrected chi connectivity index (χ1v) is 18.3. The number of hydrogen-bond donors (Lipinski definition) is 2. The molecule has 0 bridgehead atoms. The third kappa shape index (κ3) is 8.88. The maximum absolute atomic E-state index is 13.2. The van der Waals surface area contributed by atoms with Crippen molar-refractivity contribution in [1.82, 2.24) is 0 Å². The number of benzene rings is 4. The van der Waals surface area contributed by atoms with Crippen molar-refractivity contribution in [3.63, 3.8) is 0 Å². The van der Waals surface area contributed by atoms with Crippen LogP contribution in [0.25, 0.3) is 0 Å². The van der Waals surface area contributed by atoms with Gasteiger partial charge in [0.1, 0.15) is 29.3 Å². The number of aliphatic hydroxyl groups is 2. The molecule has 10 heteroatoms. The molecule has 0 radical (unpaired) electrons. The van der Waals surface area contributed by atoms with Crippen LogP contribution >= 0.6 is 0 Å². The lowest BCUT2D eigenvalue weighted by Gasteiger charge is -2.50. The van der Waals surface area contributed by atoms with Gasteiger partial charge in [-0.05, 0) is 80.1 Å². The molecule has 1 unspecified atom stereocenters. The molecule has 1 aliphatic carbocycles. The summed E-state index contributed by atoms with van der Waals surface area (Å²) in [4.78, 5) is -0.0205. The van der Waals surface area contributed by atoms with Crippen LogP contribution in [0.15, 0.2) is 114 Å². The van der Waals surface area contributed by atoms with Crippen LogP contribution in [0.1, 0.15) is 48.8 Å². The van der Waals surface area contributed by atoms with Crippen molar-refractivity contribution in [3.8, 4) is 11.5 Å². The molecule has 1 aliphatic heterocycles. The fourth-order valence-corrected chi connectivity index (χ4v) is 7.44. The molecule has 1 saturated carbocycles. The van der Waals surface area contributed by atoms with Crippen LogP contribution in [-0.2, 0) is 36.8 Å². The van der Waals surface area contributed by atoms with Crippen molar-refractivity contribution < 1.29 is 41.8 Å². The van der Waals surface area contributed by atoms with Gasteiger partial charge in [0.25, 0.3) is 10.1 Å². The second-order valence-corrected chi connectivity index (χ2v) is 14.5. The van der Waals surface area contributed by atoms with Gasteiger partial charge in [0.05, 0.1) is 24.2 Å². The molecule has 4 aromatic carbocycles. The summed E-state index contributed by atoms with van der Waals surface area (Å²) in [7, 11) is -4.20. The fraction of sp³-hybridized carbons (Fsp3) is 0.385. The highest BCUT2D eigenvalue weighted by Gasteiger charge is 2.58. The Hall–Kier alpha value is -3.77. The largest absolute Gasteiger partial charge is 0.490 e. The lowest BCUT2D eigenvalue weighted by molar-refractivity contribution is -0.323. The normalized spacial score (nSPS) is 24.7. The van der Waals surface area contributed by atoms with Gasteiger partial charge in [0, 0.05) is 6.42 Å². The Labute approximate surface area is 288 Å². The first-order chi connectivity index (χ1) is 23.7. The predicted octanol–water partition coefficient (Wildman–Crippen LogP) is 6.14. The summed E-state index contributed by atoms with van der Waals surface area (Å²) in [6.45, 7) is 1.40. The van der Waals surface area contributed by atoms with Crippen LogP contribution in [0.2, 0.25) is 0 Å². The molecule has 260 valence electrons. The zero-order valence-corrected chi connectivity index (χ0v) is 28.4. The van der Waals surface area contributed by atoms with E-state index in [1.54, 1.807) is 24.3 Å². The Balaban J connectivity index is 1.29. The number of hydrogen-bond acceptors (Lipinski definition) is 9. The molecule has 2 N–H and O–H groups in total. The highest BCUT2D eigenvalue weighted by atomic mass is 32.2. The van der Waals surface area contributed by atoms with Crippen molar-refractivity contribution >= 4 is 10.1 Å². The summed E-state index contributed by atoms with van der Waals surface area (Å²) in [5, 5.41) is 24.2. The SMILES string of the molecule is Cc1ccc(S(=O)(=O)OC[C@H]2OC(O)[C@H](Oc3ccc(OC4CCCCC4)cc3)[C@](O)(Cc3ccccc3)[C@@H]2OCc2ccccc2)cc1. The Kier molecular flexibility index (Phi) is 11.3. The summed E-state index contributed by atoms with van der Waals surface area (Å²) < 4.78 is 56.8. The number of aryl methyl sites for hydroxylation is 1. The lowest BCUT2D eigenvalue weighted by Crippen LogP contribution is -2.70. The maximum atomic E-state index is 13.2. The van der Waals surface area contributed by atoms with Gasteiger partial charge in [0.15, 0.2) is 12.4 Å². The molecule has 6 rings (SSSR count). The molecule has 1 saturated heterocycles. The van der Waals surface area contributed by atoms with E-state index < -0.39 is 46.9 Å². The molecule has 5 atom stereocenters. The van der Waals surface area contributed by atoms with Crippen LogP contribution in [0.3, 0.4) is 0 Å². The quantitative estimate of drug-likeness (QED) is 0.160. The second kappa shape index (κ2) is 15.8. The minimum Gasteiger partial charge on any atom is -0.490 e. The van der Waals surface area contributed by atoms with E-state index in [0.717, 1.165) is 48.1 Å². The first kappa shape index (κ1) is 35.1. The highest BCUT2D eigenvalue weighted by molar-refractivity contribution is 7.86. The van der Waals surface area contributed by atoms with Gasteiger partial charge in [-0.15, -0.1) is 0 Å². The molecule has 49 heavy (non-hydrogen) atoms. The Morgan fingerprint density at radius 2 is 1.35 bits per heavy atom. The van der Waals surface area contributed by atoms with Gasteiger partial charge in [-0.2, -0.15) is 8.42 Å². The molecule has 0 amide bonds. The lowest BCUT2D eigenvalue weighted by atomic mass is 9.79. The second-order valence-electron chi connectivity index (χ2n) is 12.9. The number of rotatable bonds is 13. The van der Waals surface area contributed by atoms with Gasteiger partial charge in [-0.3, -0.25) is 4.18 Å². The van der Waals surface area contributed by atoms with Crippen molar-refractivity contribution in [3.05, 3.63) is 126 Å². The molecule has 9 nitrogen and oxygen atoms in total. The zero-order chi connectivity index (χ0) is 34.3. The van der Waals surface area contributed by atoms with Crippen LogP contribution in [0.4, 0.5) is 0 Å². The Morgan fingerprint density at radius 3 is 1.98 bits per heavy atom. The minimum absolute atomic E-state index is 0.00245. The molecular weight excluding hydrogens is 644 g/mol. The first-order valence-electron chi connectivity index (χ1n) is 16.8. The molecule has 0 spiro atoms. The van der Waals surface area contributed by atoms with E-state index in [0.29, 0.717) is 5.75 Å². The van der Waals surface area contributed by atoms with Gasteiger partial charge >= 0.3 is 0 Å². The summed E-state index contributed by atoms with van der Waals surface area (Å²) in [5.41, 5.74) is 0.570. The van der Waals surface area contributed by atoms with E-state index in [1.807, 2.05) is 79.7 Å². The summed E-state index contributed by atoms with van der Waals surface area (Å²) in [6.07, 6.45) is 0.395. The molecule has 2 fully saturated rings. The topological polar surface area (TPSA) is 121 Å². The van der Waals surface area contributed by atoms with Crippen LogP contribution in [0, 0.1) is 6.92 Å². The summed E-state index contributed by atoms with van der Waals surface area (Å²) in [6, 6.07) is 32.1. The van der Waals surface area contributed by atoms with Gasteiger partial charge < -0.3 is 29.2 Å². The maximum Gasteiger partial charge on any atom is 0.297 e. The van der Waals surface area contributed by atoms with E-state index >= 15 is 0 Å². The van der Waals surface area contributed by atoms with Gasteiger partial charge in [-0.1, -0.05) is 84.8 Å². The average Bonchev–Trinajstić information content (AvgIpc) is 3.11. The number of aliphatic hydroxyl groups excluding tert-OH is 1. The van der Waals surface area contributed by atoms with Crippen molar-refractivity contribution in [2.75, 3.05) is 6.61 Å². The molecule has 0 aromatic heterocycles. The average molecular weight is 689 g/mol. The van der Waals surface area contributed by atoms with Crippen LogP contribution in [-0.4, -0.2) is 61.5 Å². The summed E-state index contributed by atoms with van der Waals surface area (Å²) in [5.74, 6) is 1.10. The monoisotopic (exact) mass is 688 g/mol. The van der Waals surface area contributed by atoms with E-state index in [1.165, 1.54) is 18.6 Å². The van der Waals surface area contributed by atoms with E-state index in [9.17, 15) is 18.6 Å². The smallest absolute Gasteiger partial charge is 0.297 e. The van der Waals surface area contributed by atoms with Gasteiger partial charge in [-0.25, -0.2) is 0 Å². The third-order valence-electron chi connectivity index (χ3n) is 9.14. The number of ether oxygens (including phenoxy) is 4. The third-order valence-corrected chi connectivity index (χ3v) is 10.4.